The molecule has 0 aliphatic rings. The predicted octanol–water partition coefficient (Wildman–Crippen LogP) is 2.13. The van der Waals surface area contributed by atoms with Gasteiger partial charge >= 0.3 is 0 Å². The van der Waals surface area contributed by atoms with E-state index in [4.69, 9.17) is 10.4 Å². The second kappa shape index (κ2) is 6.86. The minimum Gasteiger partial charge on any atom is -0.396 e. The molecule has 0 spiro atoms. The Labute approximate surface area is 90.4 Å². The summed E-state index contributed by atoms with van der Waals surface area (Å²) in [6.07, 6.45) is 2.97. The van der Waals surface area contributed by atoms with Crippen LogP contribution < -0.4 is 5.32 Å². The molecule has 3 nitrogen and oxygen atoms in total. The van der Waals surface area contributed by atoms with Gasteiger partial charge in [0, 0.05) is 18.8 Å². The maximum atomic E-state index is 8.61. The van der Waals surface area contributed by atoms with Crippen molar-refractivity contribution in [1.29, 1.82) is 5.26 Å². The average Bonchev–Trinajstić information content (AvgIpc) is 2.30. The fourth-order valence-electron chi connectivity index (χ4n) is 1.31. The lowest BCUT2D eigenvalue weighted by Crippen LogP contribution is -2.01. The number of benzene rings is 1. The first-order valence-corrected chi connectivity index (χ1v) is 5.21. The van der Waals surface area contributed by atoms with E-state index in [1.54, 1.807) is 12.1 Å². The Balaban J connectivity index is 2.23. The number of hydrogen-bond acceptors (Lipinski definition) is 3. The highest BCUT2D eigenvalue weighted by Gasteiger charge is 1.92. The molecule has 3 heteroatoms. The van der Waals surface area contributed by atoms with Gasteiger partial charge in [0.2, 0.25) is 0 Å². The Bertz CT molecular complexity index is 313. The fraction of sp³-hybridized carbons (Fsp3) is 0.417. The van der Waals surface area contributed by atoms with Crippen LogP contribution in [0.25, 0.3) is 0 Å². The molecule has 0 aliphatic heterocycles. The zero-order valence-electron chi connectivity index (χ0n) is 8.74. The number of aliphatic hydroxyl groups excluding tert-OH is 1. The van der Waals surface area contributed by atoms with Gasteiger partial charge in [-0.2, -0.15) is 5.26 Å². The van der Waals surface area contributed by atoms with E-state index < -0.39 is 0 Å². The van der Waals surface area contributed by atoms with Crippen LogP contribution in [0, 0.1) is 11.3 Å². The standard InChI is InChI=1S/C12H16N2O/c13-10-11-4-6-12(7-5-11)14-8-2-1-3-9-15/h4-7,14-15H,1-3,8-9H2. The van der Waals surface area contributed by atoms with Crippen LogP contribution in [-0.4, -0.2) is 18.3 Å². The number of nitriles is 1. The quantitative estimate of drug-likeness (QED) is 0.698. The van der Waals surface area contributed by atoms with Crippen molar-refractivity contribution in [3.8, 4) is 6.07 Å². The Hall–Kier alpha value is -1.53. The van der Waals surface area contributed by atoms with E-state index >= 15 is 0 Å². The van der Waals surface area contributed by atoms with E-state index in [2.05, 4.69) is 11.4 Å². The molecule has 80 valence electrons. The third-order valence-electron chi connectivity index (χ3n) is 2.18. The Morgan fingerprint density at radius 2 is 1.87 bits per heavy atom. The predicted molar refractivity (Wildman–Crippen MR) is 60.6 cm³/mol. The summed E-state index contributed by atoms with van der Waals surface area (Å²) in [5, 5.41) is 20.5. The van der Waals surface area contributed by atoms with Crippen molar-refractivity contribution in [2.45, 2.75) is 19.3 Å². The number of unbranched alkanes of at least 4 members (excludes halogenated alkanes) is 2. The summed E-state index contributed by atoms with van der Waals surface area (Å²) in [7, 11) is 0. The molecule has 0 heterocycles. The van der Waals surface area contributed by atoms with E-state index in [0.717, 1.165) is 31.5 Å². The number of hydrogen-bond donors (Lipinski definition) is 2. The summed E-state index contributed by atoms with van der Waals surface area (Å²) in [5.41, 5.74) is 1.72. The van der Waals surface area contributed by atoms with Gasteiger partial charge in [0.25, 0.3) is 0 Å². The van der Waals surface area contributed by atoms with Crippen LogP contribution in [0.5, 0.6) is 0 Å². The van der Waals surface area contributed by atoms with Gasteiger partial charge in [-0.3, -0.25) is 0 Å². The van der Waals surface area contributed by atoms with E-state index in [1.807, 2.05) is 12.1 Å². The molecule has 15 heavy (non-hydrogen) atoms. The molecule has 0 unspecified atom stereocenters. The molecule has 1 rings (SSSR count). The molecule has 0 aromatic heterocycles. The first-order chi connectivity index (χ1) is 7.36. The van der Waals surface area contributed by atoms with Crippen molar-refractivity contribution in [3.63, 3.8) is 0 Å². The summed E-state index contributed by atoms with van der Waals surface area (Å²) >= 11 is 0. The minimum atomic E-state index is 0.275. The number of nitrogens with one attached hydrogen (secondary N) is 1. The third kappa shape index (κ3) is 4.48. The number of anilines is 1. The van der Waals surface area contributed by atoms with E-state index in [-0.39, 0.29) is 6.61 Å². The molecule has 0 fully saturated rings. The Kier molecular flexibility index (Phi) is 5.28. The highest BCUT2D eigenvalue weighted by Crippen LogP contribution is 2.08. The largest absolute Gasteiger partial charge is 0.396 e. The van der Waals surface area contributed by atoms with Crippen LogP contribution in [0.1, 0.15) is 24.8 Å². The van der Waals surface area contributed by atoms with Gasteiger partial charge in [-0.1, -0.05) is 0 Å². The van der Waals surface area contributed by atoms with Gasteiger partial charge in [0.15, 0.2) is 0 Å². The highest BCUT2D eigenvalue weighted by atomic mass is 16.2. The minimum absolute atomic E-state index is 0.275. The van der Waals surface area contributed by atoms with Crippen LogP contribution >= 0.6 is 0 Å². The van der Waals surface area contributed by atoms with Gasteiger partial charge in [-0.05, 0) is 43.5 Å². The third-order valence-corrected chi connectivity index (χ3v) is 2.18. The molecule has 0 amide bonds. The molecule has 0 bridgehead atoms. The van der Waals surface area contributed by atoms with Crippen LogP contribution in [0.15, 0.2) is 24.3 Å². The zero-order chi connectivity index (χ0) is 10.9. The Morgan fingerprint density at radius 3 is 2.47 bits per heavy atom. The molecule has 1 aromatic carbocycles. The van der Waals surface area contributed by atoms with Gasteiger partial charge in [-0.15, -0.1) is 0 Å². The lowest BCUT2D eigenvalue weighted by atomic mass is 10.2. The smallest absolute Gasteiger partial charge is 0.0991 e. The monoisotopic (exact) mass is 204 g/mol. The van der Waals surface area contributed by atoms with Crippen LogP contribution in [-0.2, 0) is 0 Å². The summed E-state index contributed by atoms with van der Waals surface area (Å²) in [5.74, 6) is 0. The van der Waals surface area contributed by atoms with E-state index in [0.29, 0.717) is 5.56 Å². The SMILES string of the molecule is N#Cc1ccc(NCCCCCO)cc1. The molecule has 0 radical (unpaired) electrons. The molecule has 2 N–H and O–H groups in total. The second-order valence-corrected chi connectivity index (χ2v) is 3.40. The molecule has 0 aliphatic carbocycles. The second-order valence-electron chi connectivity index (χ2n) is 3.40. The molecule has 0 saturated carbocycles. The summed E-state index contributed by atoms with van der Waals surface area (Å²) in [6, 6.07) is 9.50. The maximum absolute atomic E-state index is 8.61. The molecule has 0 atom stereocenters. The molecular weight excluding hydrogens is 188 g/mol. The summed E-state index contributed by atoms with van der Waals surface area (Å²) in [6.45, 7) is 1.18. The highest BCUT2D eigenvalue weighted by molar-refractivity contribution is 5.46. The van der Waals surface area contributed by atoms with Crippen LogP contribution in [0.3, 0.4) is 0 Å². The van der Waals surface area contributed by atoms with Gasteiger partial charge in [0.1, 0.15) is 0 Å². The van der Waals surface area contributed by atoms with Crippen molar-refractivity contribution >= 4 is 5.69 Å². The molecular formula is C12H16N2O. The summed E-state index contributed by atoms with van der Waals surface area (Å²) < 4.78 is 0. The van der Waals surface area contributed by atoms with Crippen molar-refractivity contribution in [1.82, 2.24) is 0 Å². The van der Waals surface area contributed by atoms with E-state index in [9.17, 15) is 0 Å². The van der Waals surface area contributed by atoms with Crippen molar-refractivity contribution in [3.05, 3.63) is 29.8 Å². The van der Waals surface area contributed by atoms with Crippen molar-refractivity contribution in [2.24, 2.45) is 0 Å². The molecule has 0 saturated heterocycles. The first-order valence-electron chi connectivity index (χ1n) is 5.21. The van der Waals surface area contributed by atoms with Crippen molar-refractivity contribution in [2.75, 3.05) is 18.5 Å². The number of aliphatic hydroxyl groups is 1. The topological polar surface area (TPSA) is 56.0 Å². The lowest BCUT2D eigenvalue weighted by molar-refractivity contribution is 0.283. The average molecular weight is 204 g/mol. The van der Waals surface area contributed by atoms with Crippen molar-refractivity contribution < 1.29 is 5.11 Å². The fourth-order valence-corrected chi connectivity index (χ4v) is 1.31. The number of rotatable bonds is 6. The lowest BCUT2D eigenvalue weighted by Gasteiger charge is -2.05. The van der Waals surface area contributed by atoms with Gasteiger partial charge in [-0.25, -0.2) is 0 Å². The first kappa shape index (κ1) is 11.5. The normalized spacial score (nSPS) is 9.60. The Morgan fingerprint density at radius 1 is 1.13 bits per heavy atom. The molecule has 1 aromatic rings. The zero-order valence-corrected chi connectivity index (χ0v) is 8.74. The maximum Gasteiger partial charge on any atom is 0.0991 e. The van der Waals surface area contributed by atoms with Gasteiger partial charge in [0.05, 0.1) is 11.6 Å². The van der Waals surface area contributed by atoms with Crippen LogP contribution in [0.4, 0.5) is 5.69 Å². The van der Waals surface area contributed by atoms with E-state index in [1.165, 1.54) is 0 Å². The van der Waals surface area contributed by atoms with Crippen LogP contribution in [0.2, 0.25) is 0 Å². The number of nitrogens with zero attached hydrogens (tertiary/aromatic N) is 1. The van der Waals surface area contributed by atoms with Gasteiger partial charge < -0.3 is 10.4 Å². The summed E-state index contributed by atoms with van der Waals surface area (Å²) in [4.78, 5) is 0.